The Labute approximate surface area is 171 Å². The van der Waals surface area contributed by atoms with Crippen molar-refractivity contribution in [3.8, 4) is 5.75 Å². The number of anilines is 1. The summed E-state index contributed by atoms with van der Waals surface area (Å²) >= 11 is 6.10. The maximum atomic E-state index is 13.3. The molecule has 0 atom stereocenters. The summed E-state index contributed by atoms with van der Waals surface area (Å²) in [5.41, 5.74) is -0.263. The zero-order chi connectivity index (χ0) is 20.9. The van der Waals surface area contributed by atoms with Crippen LogP contribution in [0.3, 0.4) is 0 Å². The van der Waals surface area contributed by atoms with Crippen molar-refractivity contribution in [3.05, 3.63) is 53.6 Å². The predicted octanol–water partition coefficient (Wildman–Crippen LogP) is 3.85. The molecule has 0 radical (unpaired) electrons. The number of sulfonamides is 1. The topological polar surface area (TPSA) is 75.7 Å². The Morgan fingerprint density at radius 2 is 1.82 bits per heavy atom. The first kappa shape index (κ1) is 22.0. The van der Waals surface area contributed by atoms with Crippen LogP contribution in [0, 0.1) is 0 Å². The number of hydrogen-bond donors (Lipinski definition) is 1. The van der Waals surface area contributed by atoms with Gasteiger partial charge in [-0.05, 0) is 50.6 Å². The lowest BCUT2D eigenvalue weighted by molar-refractivity contribution is -0.121. The molecule has 0 aliphatic carbocycles. The predicted molar refractivity (Wildman–Crippen MR) is 111 cm³/mol. The molecule has 152 valence electrons. The molecule has 0 saturated carbocycles. The molecule has 8 heteroatoms. The van der Waals surface area contributed by atoms with Crippen molar-refractivity contribution in [1.29, 1.82) is 0 Å². The number of benzene rings is 2. The summed E-state index contributed by atoms with van der Waals surface area (Å²) in [5, 5.41) is 3.19. The van der Waals surface area contributed by atoms with Gasteiger partial charge >= 0.3 is 0 Å². The molecule has 0 aliphatic heterocycles. The van der Waals surface area contributed by atoms with Gasteiger partial charge in [0.05, 0.1) is 17.7 Å². The third kappa shape index (κ3) is 5.17. The van der Waals surface area contributed by atoms with E-state index in [9.17, 15) is 13.2 Å². The number of ether oxygens (including phenoxy) is 1. The van der Waals surface area contributed by atoms with Crippen LogP contribution < -0.4 is 14.4 Å². The van der Waals surface area contributed by atoms with Crippen LogP contribution in [-0.4, -0.2) is 33.5 Å². The molecule has 0 spiro atoms. The van der Waals surface area contributed by atoms with Crippen molar-refractivity contribution in [3.63, 3.8) is 0 Å². The number of halogens is 1. The zero-order valence-corrected chi connectivity index (χ0v) is 18.0. The van der Waals surface area contributed by atoms with Crippen molar-refractivity contribution in [2.45, 2.75) is 37.6 Å². The fourth-order valence-corrected chi connectivity index (χ4v) is 4.12. The second kappa shape index (κ2) is 8.84. The second-order valence-electron chi connectivity index (χ2n) is 6.93. The molecule has 0 aromatic heterocycles. The Kier molecular flexibility index (Phi) is 6.96. The SMILES string of the molecule is CCC(C)(C)NC(=O)CN(c1cc(Cl)ccc1OC)S(=O)(=O)c1ccccc1. The van der Waals surface area contributed by atoms with Crippen LogP contribution in [0.25, 0.3) is 0 Å². The molecule has 1 amide bonds. The number of nitrogens with one attached hydrogen (secondary N) is 1. The molecule has 28 heavy (non-hydrogen) atoms. The van der Waals surface area contributed by atoms with Crippen molar-refractivity contribution in [2.24, 2.45) is 0 Å². The monoisotopic (exact) mass is 424 g/mol. The largest absolute Gasteiger partial charge is 0.495 e. The van der Waals surface area contributed by atoms with Crippen LogP contribution >= 0.6 is 11.6 Å². The van der Waals surface area contributed by atoms with Crippen molar-refractivity contribution >= 4 is 33.2 Å². The summed E-state index contributed by atoms with van der Waals surface area (Å²) in [6, 6.07) is 12.6. The summed E-state index contributed by atoms with van der Waals surface area (Å²) in [5.74, 6) is -0.125. The van der Waals surface area contributed by atoms with Gasteiger partial charge in [-0.2, -0.15) is 0 Å². The molecule has 0 fully saturated rings. The Morgan fingerprint density at radius 3 is 2.39 bits per heavy atom. The van der Waals surface area contributed by atoms with E-state index in [1.54, 1.807) is 30.3 Å². The first-order chi connectivity index (χ1) is 13.1. The van der Waals surface area contributed by atoms with E-state index in [1.807, 2.05) is 20.8 Å². The Balaban J connectivity index is 2.54. The Hall–Kier alpha value is -2.25. The minimum Gasteiger partial charge on any atom is -0.495 e. The number of amides is 1. The first-order valence-electron chi connectivity index (χ1n) is 8.83. The number of carbonyl (C=O) groups excluding carboxylic acids is 1. The summed E-state index contributed by atoms with van der Waals surface area (Å²) in [6.07, 6.45) is 0.699. The number of carbonyl (C=O) groups is 1. The van der Waals surface area contributed by atoms with E-state index in [0.29, 0.717) is 17.2 Å². The molecule has 0 aliphatic rings. The molecule has 1 N–H and O–H groups in total. The number of rotatable bonds is 8. The van der Waals surface area contributed by atoms with Crippen molar-refractivity contribution in [2.75, 3.05) is 18.0 Å². The fourth-order valence-electron chi connectivity index (χ4n) is 2.51. The summed E-state index contributed by atoms with van der Waals surface area (Å²) in [4.78, 5) is 12.7. The van der Waals surface area contributed by atoms with Crippen molar-refractivity contribution < 1.29 is 17.9 Å². The highest BCUT2D eigenvalue weighted by Crippen LogP contribution is 2.34. The highest BCUT2D eigenvalue weighted by molar-refractivity contribution is 7.92. The highest BCUT2D eigenvalue weighted by Gasteiger charge is 2.30. The lowest BCUT2D eigenvalue weighted by Crippen LogP contribution is -2.48. The third-order valence-corrected chi connectivity index (χ3v) is 6.40. The lowest BCUT2D eigenvalue weighted by Gasteiger charge is -2.29. The summed E-state index contributed by atoms with van der Waals surface area (Å²) < 4.78 is 33.0. The third-order valence-electron chi connectivity index (χ3n) is 4.39. The van der Waals surface area contributed by atoms with E-state index in [-0.39, 0.29) is 10.6 Å². The average Bonchev–Trinajstić information content (AvgIpc) is 2.66. The van der Waals surface area contributed by atoms with Crippen LogP contribution in [0.5, 0.6) is 5.75 Å². The normalized spacial score (nSPS) is 11.8. The van der Waals surface area contributed by atoms with Crippen LogP contribution in [0.1, 0.15) is 27.2 Å². The van der Waals surface area contributed by atoms with Crippen LogP contribution in [0.4, 0.5) is 5.69 Å². The quantitative estimate of drug-likeness (QED) is 0.698. The van der Waals surface area contributed by atoms with Gasteiger partial charge in [0.25, 0.3) is 10.0 Å². The molecular weight excluding hydrogens is 400 g/mol. The van der Waals surface area contributed by atoms with Gasteiger partial charge in [0, 0.05) is 10.6 Å². The minimum atomic E-state index is -4.03. The van der Waals surface area contributed by atoms with Crippen LogP contribution in [0.15, 0.2) is 53.4 Å². The smallest absolute Gasteiger partial charge is 0.264 e. The number of hydrogen-bond acceptors (Lipinski definition) is 4. The maximum absolute atomic E-state index is 13.3. The number of nitrogens with zero attached hydrogens (tertiary/aromatic N) is 1. The minimum absolute atomic E-state index is 0.0691. The molecular formula is C20H25ClN2O4S. The average molecular weight is 425 g/mol. The lowest BCUT2D eigenvalue weighted by atomic mass is 10.0. The molecule has 2 aromatic carbocycles. The molecule has 2 aromatic rings. The van der Waals surface area contributed by atoms with Gasteiger partial charge in [0.2, 0.25) is 5.91 Å². The first-order valence-corrected chi connectivity index (χ1v) is 10.6. The van der Waals surface area contributed by atoms with Crippen molar-refractivity contribution in [1.82, 2.24) is 5.32 Å². The zero-order valence-electron chi connectivity index (χ0n) is 16.4. The van der Waals surface area contributed by atoms with E-state index in [0.717, 1.165) is 4.31 Å². The van der Waals surface area contributed by atoms with E-state index in [4.69, 9.17) is 16.3 Å². The van der Waals surface area contributed by atoms with E-state index < -0.39 is 28.0 Å². The van der Waals surface area contributed by atoms with Gasteiger partial charge in [-0.3, -0.25) is 9.10 Å². The molecule has 0 saturated heterocycles. The van der Waals surface area contributed by atoms with E-state index >= 15 is 0 Å². The van der Waals surface area contributed by atoms with Crippen LogP contribution in [-0.2, 0) is 14.8 Å². The van der Waals surface area contributed by atoms with E-state index in [1.165, 1.54) is 25.3 Å². The fraction of sp³-hybridized carbons (Fsp3) is 0.350. The van der Waals surface area contributed by atoms with E-state index in [2.05, 4.69) is 5.32 Å². The molecule has 6 nitrogen and oxygen atoms in total. The maximum Gasteiger partial charge on any atom is 0.264 e. The highest BCUT2D eigenvalue weighted by atomic mass is 35.5. The molecule has 2 rings (SSSR count). The molecule has 0 unspecified atom stereocenters. The second-order valence-corrected chi connectivity index (χ2v) is 9.23. The van der Waals surface area contributed by atoms with Gasteiger partial charge < -0.3 is 10.1 Å². The molecule has 0 bridgehead atoms. The van der Waals surface area contributed by atoms with Gasteiger partial charge in [-0.1, -0.05) is 36.7 Å². The Bertz CT molecular complexity index is 930. The van der Waals surface area contributed by atoms with Crippen LogP contribution in [0.2, 0.25) is 5.02 Å². The number of methoxy groups -OCH3 is 1. The van der Waals surface area contributed by atoms with Gasteiger partial charge in [0.15, 0.2) is 0 Å². The standard InChI is InChI=1S/C20H25ClN2O4S/c1-5-20(2,3)22-19(24)14-23(17-13-15(21)11-12-18(17)27-4)28(25,26)16-9-7-6-8-10-16/h6-13H,5,14H2,1-4H3,(H,22,24). The van der Waals surface area contributed by atoms with Gasteiger partial charge in [-0.15, -0.1) is 0 Å². The summed E-state index contributed by atoms with van der Waals surface area (Å²) in [7, 11) is -2.60. The summed E-state index contributed by atoms with van der Waals surface area (Å²) in [6.45, 7) is 5.29. The van der Waals surface area contributed by atoms with Gasteiger partial charge in [-0.25, -0.2) is 8.42 Å². The Morgan fingerprint density at radius 1 is 1.18 bits per heavy atom. The molecule has 0 heterocycles. The van der Waals surface area contributed by atoms with Gasteiger partial charge in [0.1, 0.15) is 12.3 Å².